The third-order valence-electron chi connectivity index (χ3n) is 2.49. The van der Waals surface area contributed by atoms with Crippen LogP contribution in [0.1, 0.15) is 0 Å². The van der Waals surface area contributed by atoms with E-state index in [-0.39, 0.29) is 118 Å². The van der Waals surface area contributed by atoms with Crippen LogP contribution in [0, 0.1) is 0 Å². The molecule has 0 aliphatic carbocycles. The number of rotatable bonds is 0. The second-order valence-corrected chi connectivity index (χ2v) is 7.01. The van der Waals surface area contributed by atoms with Crippen LogP contribution < -0.4 is 24.8 Å². The number of benzene rings is 3. The zero-order valence-corrected chi connectivity index (χ0v) is 31.6. The van der Waals surface area contributed by atoms with Crippen molar-refractivity contribution in [1.82, 2.24) is 0 Å². The monoisotopic (exact) mass is 784 g/mol. The van der Waals surface area contributed by atoms with Crippen molar-refractivity contribution in [1.29, 1.82) is 0 Å². The SMILES string of the molecule is O=S(=O)([O-])[O-].O=S(=O)([O-])[O-].Oc1cccc(O)c1.Oc1cccc(O)c1.Oc1cccc(O)c1.[Cl-].[Cl-].[Zn+2].[Zn+2].[Zn+2]. The summed E-state index contributed by atoms with van der Waals surface area (Å²) in [6.45, 7) is 0. The predicted octanol–water partition coefficient (Wildman–Crippen LogP) is -5.38. The molecule has 3 aromatic rings. The van der Waals surface area contributed by atoms with Gasteiger partial charge in [-0.15, -0.1) is 0 Å². The Morgan fingerprint density at radius 2 is 0.513 bits per heavy atom. The molecule has 39 heavy (non-hydrogen) atoms. The maximum Gasteiger partial charge on any atom is 2.00 e. The summed E-state index contributed by atoms with van der Waals surface area (Å²) in [6.07, 6.45) is 0. The molecule has 0 bridgehead atoms. The molecule has 6 N–H and O–H groups in total. The molecule has 0 saturated heterocycles. The fourth-order valence-electron chi connectivity index (χ4n) is 1.48. The van der Waals surface area contributed by atoms with E-state index in [2.05, 4.69) is 0 Å². The molecule has 0 aromatic heterocycles. The molecule has 0 fully saturated rings. The quantitative estimate of drug-likeness (QED) is 0.0705. The van der Waals surface area contributed by atoms with Crippen LogP contribution in [0.5, 0.6) is 34.5 Å². The van der Waals surface area contributed by atoms with Gasteiger partial charge in [0.15, 0.2) is 0 Å². The number of phenols is 6. The summed E-state index contributed by atoms with van der Waals surface area (Å²) < 4.78 is 68.2. The molecule has 0 saturated carbocycles. The molecule has 14 nitrogen and oxygen atoms in total. The molecule has 0 unspecified atom stereocenters. The molecule has 21 heteroatoms. The summed E-state index contributed by atoms with van der Waals surface area (Å²) in [4.78, 5) is 0. The van der Waals surface area contributed by atoms with Crippen LogP contribution in [0.3, 0.4) is 0 Å². The topological polar surface area (TPSA) is 282 Å². The van der Waals surface area contributed by atoms with Crippen molar-refractivity contribution in [3.63, 3.8) is 0 Å². The number of aromatic hydroxyl groups is 6. The molecule has 0 heterocycles. The van der Waals surface area contributed by atoms with Crippen molar-refractivity contribution < 1.29 is 149 Å². The largest absolute Gasteiger partial charge is 2.00 e. The van der Waals surface area contributed by atoms with Gasteiger partial charge in [0.2, 0.25) is 0 Å². The third kappa shape index (κ3) is 53.6. The maximum absolute atomic E-state index is 8.65. The summed E-state index contributed by atoms with van der Waals surface area (Å²) in [5.41, 5.74) is 0. The van der Waals surface area contributed by atoms with E-state index < -0.39 is 20.8 Å². The van der Waals surface area contributed by atoms with E-state index in [9.17, 15) is 0 Å². The van der Waals surface area contributed by atoms with Gasteiger partial charge in [0.1, 0.15) is 34.5 Å². The second-order valence-electron chi connectivity index (χ2n) is 5.38. The van der Waals surface area contributed by atoms with Gasteiger partial charge in [-0.1, -0.05) is 18.2 Å². The van der Waals surface area contributed by atoms with E-state index in [1.54, 1.807) is 18.2 Å². The zero-order valence-electron chi connectivity index (χ0n) is 19.6. The van der Waals surface area contributed by atoms with Gasteiger partial charge in [-0.2, -0.15) is 0 Å². The number of phenolic OH excluding ortho intramolecular Hbond substituents is 6. The molecular weight excluding hydrogens is 771 g/mol. The molecule has 0 aliphatic heterocycles. The van der Waals surface area contributed by atoms with E-state index >= 15 is 0 Å². The maximum atomic E-state index is 8.65. The molecule has 0 atom stereocenters. The average Bonchev–Trinajstić information content (AvgIpc) is 2.59. The molecule has 206 valence electrons. The first-order chi connectivity index (χ1) is 15.4. The Hall–Kier alpha value is -1.35. The Balaban J connectivity index is -0.0000000646. The summed E-state index contributed by atoms with van der Waals surface area (Å²) in [7, 11) is -10.3. The second kappa shape index (κ2) is 28.2. The van der Waals surface area contributed by atoms with E-state index in [1.807, 2.05) is 0 Å². The molecule has 0 aliphatic rings. The standard InChI is InChI=1S/3C6H6O2.2ClH.2H2O4S.3Zn/c3*7-5-2-1-3-6(8)4-5;;;2*1-5(2,3)4;;;/h3*1-4,7-8H;2*1H;2*(H2,1,2,3,4);;;/q;;;;;;;3*+2/p-6. The fraction of sp³-hybridized carbons (Fsp3) is 0. The normalized spacial score (nSPS) is 8.51. The third-order valence-corrected chi connectivity index (χ3v) is 2.49. The first-order valence-corrected chi connectivity index (χ1v) is 10.8. The van der Waals surface area contributed by atoms with Crippen molar-refractivity contribution >= 4 is 20.8 Å². The minimum absolute atomic E-state index is 0. The summed E-state index contributed by atoms with van der Waals surface area (Å²) in [6, 6.07) is 17.6. The van der Waals surface area contributed by atoms with Gasteiger partial charge in [0, 0.05) is 39.0 Å². The summed E-state index contributed by atoms with van der Waals surface area (Å²) in [5.74, 6) is 0.528. The molecule has 0 radical (unpaired) electrons. The summed E-state index contributed by atoms with van der Waals surface area (Å²) >= 11 is 0. The van der Waals surface area contributed by atoms with Crippen LogP contribution in [0.25, 0.3) is 0 Å². The Morgan fingerprint density at radius 3 is 0.564 bits per heavy atom. The molecule has 3 aromatic carbocycles. The van der Waals surface area contributed by atoms with Crippen LogP contribution in [0.4, 0.5) is 0 Å². The Kier molecular flexibility index (Phi) is 38.9. The van der Waals surface area contributed by atoms with Crippen molar-refractivity contribution in [2.24, 2.45) is 0 Å². The van der Waals surface area contributed by atoms with Crippen molar-refractivity contribution in [3.8, 4) is 34.5 Å². The first kappa shape index (κ1) is 53.8. The van der Waals surface area contributed by atoms with Crippen LogP contribution >= 0.6 is 0 Å². The fourth-order valence-corrected chi connectivity index (χ4v) is 1.48. The van der Waals surface area contributed by atoms with Gasteiger partial charge in [-0.05, 0) is 36.4 Å². The number of hydrogen-bond donors (Lipinski definition) is 6. The van der Waals surface area contributed by atoms with Gasteiger partial charge in [0.05, 0.1) is 0 Å². The van der Waals surface area contributed by atoms with Crippen molar-refractivity contribution in [2.75, 3.05) is 0 Å². The molecule has 0 amide bonds. The van der Waals surface area contributed by atoms with Crippen LogP contribution in [-0.4, -0.2) is 65.7 Å². The van der Waals surface area contributed by atoms with Crippen LogP contribution in [-0.2, 0) is 79.2 Å². The Morgan fingerprint density at radius 1 is 0.410 bits per heavy atom. The van der Waals surface area contributed by atoms with Crippen LogP contribution in [0.2, 0.25) is 0 Å². The van der Waals surface area contributed by atoms with E-state index in [0.717, 1.165) is 0 Å². The van der Waals surface area contributed by atoms with Gasteiger partial charge in [-0.25, -0.2) is 0 Å². The van der Waals surface area contributed by atoms with Crippen molar-refractivity contribution in [2.45, 2.75) is 0 Å². The summed E-state index contributed by atoms with van der Waals surface area (Å²) in [5, 5.41) is 51.9. The van der Waals surface area contributed by atoms with Crippen molar-refractivity contribution in [3.05, 3.63) is 72.8 Å². The molecular formula is C18H18Cl2O14S2Zn3. The minimum atomic E-state index is -5.17. The zero-order chi connectivity index (χ0) is 26.9. The van der Waals surface area contributed by atoms with Gasteiger partial charge in [0.25, 0.3) is 0 Å². The van der Waals surface area contributed by atoms with Gasteiger partial charge >= 0.3 is 58.4 Å². The van der Waals surface area contributed by atoms with E-state index in [1.165, 1.54) is 54.6 Å². The minimum Gasteiger partial charge on any atom is -1.00 e. The van der Waals surface area contributed by atoms with Crippen LogP contribution in [0.15, 0.2) is 72.8 Å². The number of hydrogen-bond acceptors (Lipinski definition) is 14. The first-order valence-electron chi connectivity index (χ1n) is 8.14. The number of halogens is 2. The van der Waals surface area contributed by atoms with Gasteiger partial charge < -0.3 is 73.7 Å². The Labute approximate surface area is 275 Å². The average molecular weight is 790 g/mol. The Bertz CT molecular complexity index is 1020. The molecule has 3 rings (SSSR count). The molecule has 0 spiro atoms. The van der Waals surface area contributed by atoms with Gasteiger partial charge in [-0.3, -0.25) is 16.8 Å². The van der Waals surface area contributed by atoms with E-state index in [4.69, 9.17) is 65.7 Å². The predicted molar refractivity (Wildman–Crippen MR) is 110 cm³/mol. The smallest absolute Gasteiger partial charge is 1.00 e. The van der Waals surface area contributed by atoms with E-state index in [0.29, 0.717) is 0 Å².